The molecule has 0 radical (unpaired) electrons. The predicted octanol–water partition coefficient (Wildman–Crippen LogP) is 2.69. The molecule has 1 aliphatic rings. The van der Waals surface area contributed by atoms with E-state index in [1.807, 2.05) is 0 Å². The van der Waals surface area contributed by atoms with E-state index < -0.39 is 11.9 Å². The molecule has 15 heavy (non-hydrogen) atoms. The quantitative estimate of drug-likeness (QED) is 0.847. The normalized spacial score (nSPS) is 23.0. The molecule has 0 saturated carbocycles. The number of rotatable bonds is 2. The molecule has 1 aromatic rings. The zero-order valence-electron chi connectivity index (χ0n) is 8.12. The molecule has 2 unspecified atom stereocenters. The van der Waals surface area contributed by atoms with Gasteiger partial charge in [0.1, 0.15) is 11.9 Å². The molecule has 4 heteroatoms. The summed E-state index contributed by atoms with van der Waals surface area (Å²) in [5, 5.41) is 10.2. The van der Waals surface area contributed by atoms with E-state index in [0.29, 0.717) is 11.6 Å². The molecule has 1 aliphatic heterocycles. The number of hydrogen-bond donors (Lipinski definition) is 1. The van der Waals surface area contributed by atoms with Crippen LogP contribution in [0.3, 0.4) is 0 Å². The van der Waals surface area contributed by atoms with E-state index in [9.17, 15) is 9.50 Å². The van der Waals surface area contributed by atoms with Gasteiger partial charge in [-0.3, -0.25) is 0 Å². The Labute approximate surface area is 92.6 Å². The fourth-order valence-corrected chi connectivity index (χ4v) is 1.95. The molecule has 1 fully saturated rings. The molecule has 2 nitrogen and oxygen atoms in total. The van der Waals surface area contributed by atoms with E-state index in [2.05, 4.69) is 0 Å². The summed E-state index contributed by atoms with van der Waals surface area (Å²) in [4.78, 5) is 0. The molecule has 1 N–H and O–H groups in total. The molecule has 0 aromatic heterocycles. The van der Waals surface area contributed by atoms with Crippen molar-refractivity contribution in [1.82, 2.24) is 0 Å². The Balaban J connectivity index is 2.20. The largest absolute Gasteiger partial charge is 0.386 e. The number of aliphatic hydroxyl groups is 1. The van der Waals surface area contributed by atoms with Gasteiger partial charge in [0.05, 0.1) is 6.10 Å². The minimum atomic E-state index is -0.898. The lowest BCUT2D eigenvalue weighted by molar-refractivity contribution is -0.00425. The summed E-state index contributed by atoms with van der Waals surface area (Å²) in [5.74, 6) is -0.481. The van der Waals surface area contributed by atoms with Crippen LogP contribution in [0.15, 0.2) is 18.2 Å². The third-order valence-corrected chi connectivity index (χ3v) is 2.83. The van der Waals surface area contributed by atoms with Crippen LogP contribution in [0.1, 0.15) is 24.5 Å². The second kappa shape index (κ2) is 4.47. The fraction of sp³-hybridized carbons (Fsp3) is 0.455. The van der Waals surface area contributed by atoms with Crippen molar-refractivity contribution in [3.05, 3.63) is 34.6 Å². The first-order chi connectivity index (χ1) is 7.18. The molecule has 82 valence electrons. The summed E-state index contributed by atoms with van der Waals surface area (Å²) in [6.07, 6.45) is 0.491. The van der Waals surface area contributed by atoms with Crippen molar-refractivity contribution >= 4 is 11.6 Å². The lowest BCUT2D eigenvalue weighted by Gasteiger charge is -2.18. The summed E-state index contributed by atoms with van der Waals surface area (Å²) >= 11 is 5.63. The maximum absolute atomic E-state index is 13.5. The van der Waals surface area contributed by atoms with Crippen LogP contribution < -0.4 is 0 Å². The van der Waals surface area contributed by atoms with E-state index in [-0.39, 0.29) is 11.7 Å². The van der Waals surface area contributed by atoms with Crippen molar-refractivity contribution in [1.29, 1.82) is 0 Å². The summed E-state index contributed by atoms with van der Waals surface area (Å²) in [6, 6.07) is 4.28. The van der Waals surface area contributed by atoms with Gasteiger partial charge < -0.3 is 9.84 Å². The first-order valence-electron chi connectivity index (χ1n) is 4.93. The molecular weight excluding hydrogens is 219 g/mol. The lowest BCUT2D eigenvalue weighted by atomic mass is 10.0. The van der Waals surface area contributed by atoms with Crippen LogP contribution in [0, 0.1) is 5.82 Å². The van der Waals surface area contributed by atoms with Gasteiger partial charge in [-0.25, -0.2) is 4.39 Å². The summed E-state index contributed by atoms with van der Waals surface area (Å²) in [5.41, 5.74) is 0.256. The average molecular weight is 231 g/mol. The fourth-order valence-electron chi connectivity index (χ4n) is 1.79. The summed E-state index contributed by atoms with van der Waals surface area (Å²) < 4.78 is 18.8. The topological polar surface area (TPSA) is 29.5 Å². The van der Waals surface area contributed by atoms with Crippen LogP contribution in [0.25, 0.3) is 0 Å². The Morgan fingerprint density at radius 1 is 1.53 bits per heavy atom. The van der Waals surface area contributed by atoms with Crippen molar-refractivity contribution < 1.29 is 14.2 Å². The van der Waals surface area contributed by atoms with Gasteiger partial charge in [-0.15, -0.1) is 0 Å². The second-order valence-corrected chi connectivity index (χ2v) is 4.10. The molecule has 1 heterocycles. The lowest BCUT2D eigenvalue weighted by Crippen LogP contribution is -2.18. The SMILES string of the molecule is OC(c1ccc(Cl)cc1F)C1CCCO1. The summed E-state index contributed by atoms with van der Waals surface area (Å²) in [7, 11) is 0. The van der Waals surface area contributed by atoms with Gasteiger partial charge in [0.2, 0.25) is 0 Å². The Morgan fingerprint density at radius 2 is 2.33 bits per heavy atom. The van der Waals surface area contributed by atoms with Crippen LogP contribution >= 0.6 is 11.6 Å². The Morgan fingerprint density at radius 3 is 2.93 bits per heavy atom. The van der Waals surface area contributed by atoms with Crippen molar-refractivity contribution in [2.45, 2.75) is 25.0 Å². The molecule has 0 amide bonds. The minimum Gasteiger partial charge on any atom is -0.386 e. The summed E-state index contributed by atoms with van der Waals surface area (Å²) in [6.45, 7) is 0.636. The molecule has 0 aliphatic carbocycles. The molecule has 1 aromatic carbocycles. The van der Waals surface area contributed by atoms with E-state index >= 15 is 0 Å². The first-order valence-corrected chi connectivity index (χ1v) is 5.31. The highest BCUT2D eigenvalue weighted by atomic mass is 35.5. The maximum Gasteiger partial charge on any atom is 0.130 e. The van der Waals surface area contributed by atoms with Gasteiger partial charge in [0.15, 0.2) is 0 Å². The van der Waals surface area contributed by atoms with Crippen LogP contribution in [-0.4, -0.2) is 17.8 Å². The van der Waals surface area contributed by atoms with E-state index in [1.54, 1.807) is 6.07 Å². The minimum absolute atomic E-state index is 0.256. The van der Waals surface area contributed by atoms with Crippen LogP contribution in [-0.2, 0) is 4.74 Å². The van der Waals surface area contributed by atoms with Gasteiger partial charge in [0, 0.05) is 17.2 Å². The third kappa shape index (κ3) is 2.30. The Kier molecular flexibility index (Phi) is 3.24. The Hall–Kier alpha value is -0.640. The zero-order chi connectivity index (χ0) is 10.8. The highest BCUT2D eigenvalue weighted by Gasteiger charge is 2.27. The number of hydrogen-bond acceptors (Lipinski definition) is 2. The maximum atomic E-state index is 13.5. The van der Waals surface area contributed by atoms with Crippen molar-refractivity contribution in [2.75, 3.05) is 6.61 Å². The molecule has 0 spiro atoms. The number of ether oxygens (including phenoxy) is 1. The predicted molar refractivity (Wildman–Crippen MR) is 55.3 cm³/mol. The molecular formula is C11H12ClFO2. The van der Waals surface area contributed by atoms with Gasteiger partial charge in [-0.2, -0.15) is 0 Å². The number of benzene rings is 1. The smallest absolute Gasteiger partial charge is 0.130 e. The van der Waals surface area contributed by atoms with Crippen LogP contribution in [0.5, 0.6) is 0 Å². The molecule has 1 saturated heterocycles. The highest BCUT2D eigenvalue weighted by molar-refractivity contribution is 6.30. The average Bonchev–Trinajstić information content (AvgIpc) is 2.69. The molecule has 2 atom stereocenters. The molecule has 2 rings (SSSR count). The monoisotopic (exact) mass is 230 g/mol. The van der Waals surface area contributed by atoms with Crippen LogP contribution in [0.4, 0.5) is 4.39 Å². The van der Waals surface area contributed by atoms with E-state index in [1.165, 1.54) is 12.1 Å². The second-order valence-electron chi connectivity index (χ2n) is 3.66. The third-order valence-electron chi connectivity index (χ3n) is 2.60. The number of aliphatic hydroxyl groups excluding tert-OH is 1. The van der Waals surface area contributed by atoms with Gasteiger partial charge in [-0.1, -0.05) is 17.7 Å². The van der Waals surface area contributed by atoms with E-state index in [0.717, 1.165) is 12.8 Å². The van der Waals surface area contributed by atoms with Crippen molar-refractivity contribution in [3.63, 3.8) is 0 Å². The van der Waals surface area contributed by atoms with E-state index in [4.69, 9.17) is 16.3 Å². The zero-order valence-corrected chi connectivity index (χ0v) is 8.88. The van der Waals surface area contributed by atoms with Crippen molar-refractivity contribution in [2.24, 2.45) is 0 Å². The molecule has 0 bridgehead atoms. The first kappa shape index (κ1) is 10.9. The number of halogens is 2. The van der Waals surface area contributed by atoms with Crippen molar-refractivity contribution in [3.8, 4) is 0 Å². The Bertz CT molecular complexity index is 350. The van der Waals surface area contributed by atoms with Gasteiger partial charge in [-0.05, 0) is 25.0 Å². The van der Waals surface area contributed by atoms with Gasteiger partial charge >= 0.3 is 0 Å². The van der Waals surface area contributed by atoms with Gasteiger partial charge in [0.25, 0.3) is 0 Å². The van der Waals surface area contributed by atoms with Crippen LogP contribution in [0.2, 0.25) is 5.02 Å². The highest BCUT2D eigenvalue weighted by Crippen LogP contribution is 2.29. The standard InChI is InChI=1S/C11H12ClFO2/c12-7-3-4-8(9(13)6-7)11(14)10-2-1-5-15-10/h3-4,6,10-11,14H,1-2,5H2.